The lowest BCUT2D eigenvalue weighted by atomic mass is 9.89. The number of nitrogens with one attached hydrogen (secondary N) is 7. The predicted molar refractivity (Wildman–Crippen MR) is 417 cm³/mol. The molecular formula is C77H122N14O14S2. The third kappa shape index (κ3) is 27.2. The molecule has 2 bridgehead atoms. The van der Waals surface area contributed by atoms with Crippen LogP contribution < -0.4 is 48.7 Å². The minimum Gasteiger partial charge on any atom is -0.379 e. The van der Waals surface area contributed by atoms with Gasteiger partial charge in [-0.15, -0.1) is 0 Å². The Bertz CT molecular complexity index is 3420. The molecule has 1 aromatic heterocycles. The average Bonchev–Trinajstić information content (AvgIpc) is 1.77. The summed E-state index contributed by atoms with van der Waals surface area (Å²) in [7, 11) is 8.42. The van der Waals surface area contributed by atoms with E-state index in [0.29, 0.717) is 59.5 Å². The van der Waals surface area contributed by atoms with E-state index in [1.54, 1.807) is 60.2 Å². The Hall–Kier alpha value is -7.06. The van der Waals surface area contributed by atoms with Crippen molar-refractivity contribution in [3.05, 3.63) is 65.0 Å². The molecule has 14 atom stereocenters. The normalized spacial score (nSPS) is 19.3. The molecule has 0 radical (unpaired) electrons. The zero-order valence-electron chi connectivity index (χ0n) is 65.5. The van der Waals surface area contributed by atoms with E-state index in [1.807, 2.05) is 90.1 Å². The molecule has 596 valence electrons. The number of nitrogens with two attached hydrogens (primary N) is 2. The topological polar surface area (TPSA) is 379 Å². The Morgan fingerprint density at radius 3 is 1.88 bits per heavy atom. The van der Waals surface area contributed by atoms with Crippen LogP contribution in [-0.2, 0) is 80.0 Å². The molecule has 2 aliphatic heterocycles. The van der Waals surface area contributed by atoms with Gasteiger partial charge in [0.25, 0.3) is 5.91 Å². The number of aromatic nitrogens is 2. The number of likely N-dealkylation sites (N-methyl/N-ethyl adjacent to an activating group) is 2. The van der Waals surface area contributed by atoms with Gasteiger partial charge in [-0.1, -0.05) is 92.7 Å². The Morgan fingerprint density at radius 2 is 1.29 bits per heavy atom. The fourth-order valence-electron chi connectivity index (χ4n) is 14.3. The van der Waals surface area contributed by atoms with Crippen molar-refractivity contribution in [3.8, 4) is 0 Å². The monoisotopic (exact) mass is 1530 g/mol. The Kier molecular flexibility index (Phi) is 37.0. The number of carbonyl (C=O) groups is 10. The SMILES string of the molecule is CC[C@H](C)[C@@H]([C@@H](CC(=O)N1CCC[C@H]1[C@H](OC)[C@@H](C)C(=O)N[C@H](CN)Cc1ccc(NC(=O)[C@H](CC(N)=O)NC(=O)[C@H](C)NC(=O)[C@H](C)NC(=O)CCOCCOCCNC(=O)c2ccc3nc4c(nc3c2)CSC2CCCCCCC(C2)SC4)cc1)OC)N(C)C(=O)C(NC(=O)[C@H](C(C)C)N(C)C)C(C)C. The van der Waals surface area contributed by atoms with E-state index in [2.05, 4.69) is 37.2 Å². The van der Waals surface area contributed by atoms with Crippen LogP contribution in [0.15, 0.2) is 42.5 Å². The van der Waals surface area contributed by atoms with Crippen LogP contribution in [0.5, 0.6) is 0 Å². The van der Waals surface area contributed by atoms with E-state index >= 15 is 0 Å². The van der Waals surface area contributed by atoms with Crippen LogP contribution in [0.4, 0.5) is 5.69 Å². The molecule has 2 fully saturated rings. The van der Waals surface area contributed by atoms with Gasteiger partial charge in [0.1, 0.15) is 24.2 Å². The summed E-state index contributed by atoms with van der Waals surface area (Å²) in [5, 5.41) is 20.5. The predicted octanol–water partition coefficient (Wildman–Crippen LogP) is 5.39. The number of thioether (sulfide) groups is 2. The van der Waals surface area contributed by atoms with Gasteiger partial charge in [-0.3, -0.25) is 52.8 Å². The molecule has 1 saturated carbocycles. The van der Waals surface area contributed by atoms with Crippen molar-refractivity contribution in [2.75, 3.05) is 86.7 Å². The first-order valence-electron chi connectivity index (χ1n) is 38.1. The fraction of sp³-hybridized carbons (Fsp3) is 0.688. The smallest absolute Gasteiger partial charge is 0.251 e. The van der Waals surface area contributed by atoms with Crippen LogP contribution in [0, 0.1) is 23.7 Å². The zero-order chi connectivity index (χ0) is 78.6. The lowest BCUT2D eigenvalue weighted by Gasteiger charge is -2.41. The standard InChI is InChI=1S/C77H122N14O14S2/c1-15-47(6)69(90(12)77(101)67(45(2)3)88-76(100)68(46(4)5)89(10)11)63(102-13)41-66(94)91-32-20-23-62(91)70(103-14)48(7)71(95)84-54(42-78)37-51-24-27-53(28-25-51)83-75(99)59(40-64(79)92)87-73(97)50(9)82-72(96)49(8)81-65(93)30-33-104-35-36-105-34-31-80-74(98)52-26-29-57-58(38-52)86-61-44-107-56-22-19-17-16-18-21-55(39-56)106-43-60(61)85-57/h24-29,38,45-50,54-56,59,62-63,67-70H,15-23,30-37,39-44,78H2,1-14H3,(H2,79,92)(H,80,98)(H,81,93)(H,82,96)(H,83,99)(H,84,95)(H,87,97)(H,88,100)/t47-,48+,49-,50-,54-,55?,56?,59-,62-,63+,67?,68-,69-,70+/m0/s1. The Balaban J connectivity index is 0.895. The summed E-state index contributed by atoms with van der Waals surface area (Å²) in [6.07, 6.45) is 9.12. The summed E-state index contributed by atoms with van der Waals surface area (Å²) in [5.74, 6) is -4.30. The van der Waals surface area contributed by atoms with E-state index in [9.17, 15) is 47.9 Å². The summed E-state index contributed by atoms with van der Waals surface area (Å²) >= 11 is 4.02. The summed E-state index contributed by atoms with van der Waals surface area (Å²) in [6, 6.07) is 5.62. The first-order chi connectivity index (χ1) is 51.0. The highest BCUT2D eigenvalue weighted by Gasteiger charge is 2.44. The van der Waals surface area contributed by atoms with Crippen molar-refractivity contribution in [2.24, 2.45) is 35.1 Å². The molecular weight excluding hydrogens is 1410 g/mol. The number of hydrogen-bond donors (Lipinski definition) is 9. The number of likely N-dealkylation sites (tertiary alicyclic amines) is 1. The quantitative estimate of drug-likeness (QED) is 0.0322. The molecule has 28 nitrogen and oxygen atoms in total. The van der Waals surface area contributed by atoms with Gasteiger partial charge < -0.3 is 77.4 Å². The molecule has 1 saturated heterocycles. The van der Waals surface area contributed by atoms with E-state index in [1.165, 1.54) is 73.0 Å². The molecule has 30 heteroatoms. The maximum atomic E-state index is 14.5. The average molecular weight is 1530 g/mol. The number of rotatable bonds is 40. The lowest BCUT2D eigenvalue weighted by Crippen LogP contribution is -2.59. The first-order valence-corrected chi connectivity index (χ1v) is 40.2. The number of benzene rings is 2. The second-order valence-electron chi connectivity index (χ2n) is 29.7. The van der Waals surface area contributed by atoms with Crippen molar-refractivity contribution >= 4 is 99.3 Å². The number of nitrogens with zero attached hydrogens (tertiary/aromatic N) is 5. The van der Waals surface area contributed by atoms with Crippen molar-refractivity contribution < 1.29 is 66.9 Å². The minimum absolute atomic E-state index is 0.000383. The highest BCUT2D eigenvalue weighted by atomic mass is 32.2. The minimum atomic E-state index is -1.43. The number of ether oxygens (including phenoxy) is 4. The molecule has 3 aromatic rings. The third-order valence-corrected chi connectivity index (χ3v) is 23.2. The Labute approximate surface area is 641 Å². The molecule has 2 aromatic carbocycles. The summed E-state index contributed by atoms with van der Waals surface area (Å²) in [6.45, 7) is 17.7. The van der Waals surface area contributed by atoms with E-state index < -0.39 is 102 Å². The first kappa shape index (κ1) is 88.8. The van der Waals surface area contributed by atoms with Gasteiger partial charge in [0.05, 0.1) is 97.9 Å². The summed E-state index contributed by atoms with van der Waals surface area (Å²) in [5.41, 5.74) is 16.8. The van der Waals surface area contributed by atoms with Crippen LogP contribution in [0.1, 0.15) is 173 Å². The summed E-state index contributed by atoms with van der Waals surface area (Å²) in [4.78, 5) is 150. The van der Waals surface area contributed by atoms with Gasteiger partial charge in [-0.25, -0.2) is 9.97 Å². The van der Waals surface area contributed by atoms with Gasteiger partial charge in [-0.2, -0.15) is 23.5 Å². The number of methoxy groups -OCH3 is 2. The van der Waals surface area contributed by atoms with Crippen molar-refractivity contribution in [2.45, 2.75) is 235 Å². The number of hydrogen-bond acceptors (Lipinski definition) is 20. The second kappa shape index (κ2) is 44.6. The molecule has 0 spiro atoms. The van der Waals surface area contributed by atoms with Crippen LogP contribution in [0.2, 0.25) is 0 Å². The van der Waals surface area contributed by atoms with Gasteiger partial charge in [0.15, 0.2) is 0 Å². The number of primary amides is 1. The number of carbonyl (C=O) groups excluding carboxylic acids is 10. The molecule has 6 rings (SSSR count). The van der Waals surface area contributed by atoms with Gasteiger partial charge >= 0.3 is 0 Å². The third-order valence-electron chi connectivity index (χ3n) is 20.5. The van der Waals surface area contributed by atoms with Gasteiger partial charge in [0, 0.05) is 86.6 Å². The molecule has 3 heterocycles. The van der Waals surface area contributed by atoms with Gasteiger partial charge in [0.2, 0.25) is 53.2 Å². The van der Waals surface area contributed by atoms with Crippen molar-refractivity contribution in [1.29, 1.82) is 0 Å². The van der Waals surface area contributed by atoms with E-state index in [4.69, 9.17) is 40.4 Å². The molecule has 1 aliphatic carbocycles. The molecule has 107 heavy (non-hydrogen) atoms. The van der Waals surface area contributed by atoms with Crippen molar-refractivity contribution in [1.82, 2.24) is 56.6 Å². The molecule has 10 amide bonds. The zero-order valence-corrected chi connectivity index (χ0v) is 67.1. The molecule has 3 unspecified atom stereocenters. The second-order valence-corrected chi connectivity index (χ2v) is 32.3. The Morgan fingerprint density at radius 1 is 0.664 bits per heavy atom. The van der Waals surface area contributed by atoms with Crippen LogP contribution in [0.3, 0.4) is 0 Å². The maximum Gasteiger partial charge on any atom is 0.251 e. The number of fused-ring (bicyclic) bond motifs is 4. The molecule has 3 aliphatic rings. The fourth-order valence-corrected chi connectivity index (χ4v) is 17.1. The number of amides is 10. The highest BCUT2D eigenvalue weighted by molar-refractivity contribution is 8.00. The summed E-state index contributed by atoms with van der Waals surface area (Å²) < 4.78 is 23.3. The van der Waals surface area contributed by atoms with Crippen LogP contribution in [-0.4, -0.2) is 236 Å². The van der Waals surface area contributed by atoms with E-state index in [-0.39, 0.29) is 99.6 Å². The van der Waals surface area contributed by atoms with Crippen LogP contribution >= 0.6 is 23.5 Å². The van der Waals surface area contributed by atoms with E-state index in [0.717, 1.165) is 34.0 Å². The van der Waals surface area contributed by atoms with Crippen molar-refractivity contribution in [3.63, 3.8) is 0 Å². The number of anilines is 1. The van der Waals surface area contributed by atoms with Crippen LogP contribution in [0.25, 0.3) is 11.0 Å². The lowest BCUT2D eigenvalue weighted by molar-refractivity contribution is -0.148. The maximum absolute atomic E-state index is 14.5. The highest BCUT2D eigenvalue weighted by Crippen LogP contribution is 2.38. The van der Waals surface area contributed by atoms with Gasteiger partial charge in [-0.05, 0) is 120 Å². The molecule has 11 N–H and O–H groups in total. The largest absolute Gasteiger partial charge is 0.379 e.